The molecule has 0 aromatic heterocycles. The molecule has 0 aliphatic rings. The second-order valence-electron chi connectivity index (χ2n) is 4.14. The van der Waals surface area contributed by atoms with Crippen molar-refractivity contribution in [1.82, 2.24) is 0 Å². The predicted molar refractivity (Wildman–Crippen MR) is 83.7 cm³/mol. The van der Waals surface area contributed by atoms with E-state index in [0.29, 0.717) is 0 Å². The summed E-state index contributed by atoms with van der Waals surface area (Å²) in [5, 5.41) is 0. The molecule has 0 aliphatic carbocycles. The summed E-state index contributed by atoms with van der Waals surface area (Å²) in [6.07, 6.45) is 0. The van der Waals surface area contributed by atoms with Crippen LogP contribution in [0.25, 0.3) is 11.1 Å². The average molecular weight is 242 g/mol. The van der Waals surface area contributed by atoms with Crippen molar-refractivity contribution in [3.8, 4) is 11.1 Å². The third-order valence-corrected chi connectivity index (χ3v) is 2.68. The van der Waals surface area contributed by atoms with Gasteiger partial charge < -0.3 is 0 Å². The van der Waals surface area contributed by atoms with Gasteiger partial charge in [0.15, 0.2) is 0 Å². The van der Waals surface area contributed by atoms with Crippen molar-refractivity contribution in [2.75, 3.05) is 0 Å². The van der Waals surface area contributed by atoms with Crippen LogP contribution < -0.4 is 5.46 Å². The highest BCUT2D eigenvalue weighted by Gasteiger charge is 1.91. The Morgan fingerprint density at radius 3 is 1.00 bits per heavy atom. The van der Waals surface area contributed by atoms with E-state index in [-0.39, 0.29) is 0 Å². The highest BCUT2D eigenvalue weighted by atomic mass is 14.0. The molecule has 0 bridgehead atoms. The zero-order valence-electron chi connectivity index (χ0n) is 10.7. The third-order valence-electron chi connectivity index (χ3n) is 2.68. The minimum atomic E-state index is 0.822. The molecule has 3 aromatic carbocycles. The molecule has 0 unspecified atom stereocenters. The van der Waals surface area contributed by atoms with Crippen LogP contribution >= 0.6 is 0 Å². The van der Waals surface area contributed by atoms with Crippen molar-refractivity contribution in [2.45, 2.75) is 0 Å². The Kier molecular flexibility index (Phi) is 5.00. The minimum absolute atomic E-state index is 0.822. The van der Waals surface area contributed by atoms with Crippen molar-refractivity contribution in [3.63, 3.8) is 0 Å². The van der Waals surface area contributed by atoms with Gasteiger partial charge in [0.2, 0.25) is 0 Å². The Morgan fingerprint density at radius 2 is 0.737 bits per heavy atom. The summed E-state index contributed by atoms with van der Waals surface area (Å²) in [6.45, 7) is 0. The lowest BCUT2D eigenvalue weighted by Gasteiger charge is -1.98. The largest absolute Gasteiger partial charge is 0.113 e. The van der Waals surface area contributed by atoms with E-state index in [1.165, 1.54) is 11.1 Å². The quantitative estimate of drug-likeness (QED) is 0.569. The first-order chi connectivity index (χ1) is 9.36. The number of hydrogen-bond acceptors (Lipinski definition) is 0. The highest BCUT2D eigenvalue weighted by Crippen LogP contribution is 2.17. The minimum Gasteiger partial charge on any atom is -0.0967 e. The van der Waals surface area contributed by atoms with Gasteiger partial charge in [0.25, 0.3) is 0 Å². The fraction of sp³-hybridized carbons (Fsp3) is 0. The first kappa shape index (κ1) is 13.2. The van der Waals surface area contributed by atoms with Crippen molar-refractivity contribution in [3.05, 3.63) is 91.0 Å². The molecule has 0 fully saturated rings. The summed E-state index contributed by atoms with van der Waals surface area (Å²) in [5.41, 5.74) is 3.37. The van der Waals surface area contributed by atoms with Crippen LogP contribution in [0.4, 0.5) is 0 Å². The van der Waals surface area contributed by atoms with Crippen molar-refractivity contribution in [2.24, 2.45) is 0 Å². The van der Waals surface area contributed by atoms with Crippen LogP contribution in [-0.4, -0.2) is 7.85 Å². The molecule has 0 saturated carbocycles. The molecule has 0 amide bonds. The molecule has 0 nitrogen and oxygen atoms in total. The maximum absolute atomic E-state index is 5.36. The molecule has 0 aliphatic heterocycles. The van der Waals surface area contributed by atoms with Crippen LogP contribution in [0.15, 0.2) is 91.0 Å². The molecule has 90 valence electrons. The molecule has 1 heteroatoms. The first-order valence-corrected chi connectivity index (χ1v) is 6.27. The Morgan fingerprint density at radius 1 is 0.421 bits per heavy atom. The molecular formula is C18H15B. The first-order valence-electron chi connectivity index (χ1n) is 6.27. The molecule has 0 atom stereocenters. The van der Waals surface area contributed by atoms with E-state index in [1.54, 1.807) is 0 Å². The van der Waals surface area contributed by atoms with Gasteiger partial charge in [-0.15, -0.1) is 0 Å². The van der Waals surface area contributed by atoms with Gasteiger partial charge in [-0.2, -0.15) is 0 Å². The van der Waals surface area contributed by atoms with E-state index >= 15 is 0 Å². The zero-order valence-corrected chi connectivity index (χ0v) is 10.7. The maximum Gasteiger partial charge on any atom is 0.113 e. The molecule has 19 heavy (non-hydrogen) atoms. The van der Waals surface area contributed by atoms with Crippen LogP contribution in [0.5, 0.6) is 0 Å². The van der Waals surface area contributed by atoms with Gasteiger partial charge in [-0.05, 0) is 11.1 Å². The van der Waals surface area contributed by atoms with Crippen LogP contribution in [-0.2, 0) is 0 Å². The van der Waals surface area contributed by atoms with Gasteiger partial charge in [0.05, 0.1) is 0 Å². The summed E-state index contributed by atoms with van der Waals surface area (Å²) in [4.78, 5) is 0. The molecule has 3 aromatic rings. The SMILES string of the molecule is [B]c1ccccc1.c1ccc(-c2ccccc2)cc1. The summed E-state index contributed by atoms with van der Waals surface area (Å²) in [5.74, 6) is 0. The van der Waals surface area contributed by atoms with Gasteiger partial charge in [0.1, 0.15) is 7.85 Å². The van der Waals surface area contributed by atoms with E-state index in [4.69, 9.17) is 7.85 Å². The lowest BCUT2D eigenvalue weighted by Crippen LogP contribution is -1.97. The normalized spacial score (nSPS) is 9.26. The van der Waals surface area contributed by atoms with Gasteiger partial charge in [-0.3, -0.25) is 0 Å². The molecule has 2 radical (unpaired) electrons. The van der Waals surface area contributed by atoms with Crippen LogP contribution in [0.2, 0.25) is 0 Å². The summed E-state index contributed by atoms with van der Waals surface area (Å²) in [6, 6.07) is 30.3. The zero-order chi connectivity index (χ0) is 13.3. The van der Waals surface area contributed by atoms with Crippen molar-refractivity contribution < 1.29 is 0 Å². The Bertz CT molecular complexity index is 536. The summed E-state index contributed by atoms with van der Waals surface area (Å²) >= 11 is 0. The monoisotopic (exact) mass is 242 g/mol. The molecular weight excluding hydrogens is 227 g/mol. The van der Waals surface area contributed by atoms with Crippen molar-refractivity contribution >= 4 is 13.3 Å². The molecule has 3 rings (SSSR count). The highest BCUT2D eigenvalue weighted by molar-refractivity contribution is 6.32. The summed E-state index contributed by atoms with van der Waals surface area (Å²) in [7, 11) is 5.36. The number of rotatable bonds is 1. The molecule has 0 spiro atoms. The number of benzene rings is 3. The topological polar surface area (TPSA) is 0 Å². The lowest BCUT2D eigenvalue weighted by molar-refractivity contribution is 1.62. The van der Waals surface area contributed by atoms with E-state index in [9.17, 15) is 0 Å². The third kappa shape index (κ3) is 4.48. The van der Waals surface area contributed by atoms with Crippen molar-refractivity contribution in [1.29, 1.82) is 0 Å². The second kappa shape index (κ2) is 7.22. The lowest BCUT2D eigenvalue weighted by atomic mass is 9.97. The van der Waals surface area contributed by atoms with Gasteiger partial charge in [-0.1, -0.05) is 96.5 Å². The van der Waals surface area contributed by atoms with E-state index in [1.807, 2.05) is 42.5 Å². The average Bonchev–Trinajstić information content (AvgIpc) is 2.51. The molecule has 0 saturated heterocycles. The Balaban J connectivity index is 0.000000163. The molecule has 0 N–H and O–H groups in total. The van der Waals surface area contributed by atoms with E-state index in [2.05, 4.69) is 48.5 Å². The second-order valence-corrected chi connectivity index (χ2v) is 4.14. The van der Waals surface area contributed by atoms with Crippen LogP contribution in [0.3, 0.4) is 0 Å². The standard InChI is InChI=1S/C12H10.C6H5B/c1-3-7-11(8-4-1)12-9-5-2-6-10-12;7-6-4-2-1-3-5-6/h1-10H;1-5H. The van der Waals surface area contributed by atoms with Gasteiger partial charge in [-0.25, -0.2) is 0 Å². The smallest absolute Gasteiger partial charge is 0.0967 e. The Labute approximate surface area is 116 Å². The van der Waals surface area contributed by atoms with E-state index in [0.717, 1.165) is 5.46 Å². The van der Waals surface area contributed by atoms with Crippen LogP contribution in [0, 0.1) is 0 Å². The Hall–Kier alpha value is -2.28. The fourth-order valence-corrected chi connectivity index (χ4v) is 1.71. The molecule has 0 heterocycles. The fourth-order valence-electron chi connectivity index (χ4n) is 1.71. The van der Waals surface area contributed by atoms with Gasteiger partial charge >= 0.3 is 0 Å². The van der Waals surface area contributed by atoms with Gasteiger partial charge in [0, 0.05) is 0 Å². The summed E-state index contributed by atoms with van der Waals surface area (Å²) < 4.78 is 0. The maximum atomic E-state index is 5.36. The number of hydrogen-bond donors (Lipinski definition) is 0. The van der Waals surface area contributed by atoms with Crippen LogP contribution in [0.1, 0.15) is 0 Å². The predicted octanol–water partition coefficient (Wildman–Crippen LogP) is 3.83. The van der Waals surface area contributed by atoms with E-state index < -0.39 is 0 Å².